The van der Waals surface area contributed by atoms with E-state index in [1.807, 2.05) is 0 Å². The second-order valence-corrected chi connectivity index (χ2v) is 2.26. The normalized spacial score (nSPS) is 11.3. The number of carbonyl (C=O) groups excluding carboxylic acids is 1. The monoisotopic (exact) mass is 142 g/mol. The minimum absolute atomic E-state index is 0.324. The summed E-state index contributed by atoms with van der Waals surface area (Å²) in [6, 6.07) is 0. The van der Waals surface area contributed by atoms with Gasteiger partial charge in [0.2, 0.25) is 0 Å². The molecule has 0 aromatic heterocycles. The molecule has 0 fully saturated rings. The van der Waals surface area contributed by atoms with Gasteiger partial charge in [-0.05, 0) is 12.0 Å². The highest BCUT2D eigenvalue weighted by Crippen LogP contribution is 1.98. The molecule has 58 valence electrons. The molecule has 0 saturated heterocycles. The number of carboxylic acids is 1. The van der Waals surface area contributed by atoms with Gasteiger partial charge in [0.25, 0.3) is 0 Å². The van der Waals surface area contributed by atoms with E-state index in [4.69, 9.17) is 0 Å². The highest BCUT2D eigenvalue weighted by atomic mass is 16.4. The van der Waals surface area contributed by atoms with E-state index in [9.17, 15) is 9.90 Å². The highest BCUT2D eigenvalue weighted by molar-refractivity contribution is 5.84. The van der Waals surface area contributed by atoms with E-state index >= 15 is 0 Å². The van der Waals surface area contributed by atoms with Crippen molar-refractivity contribution in [3.8, 4) is 0 Å². The summed E-state index contributed by atoms with van der Waals surface area (Å²) in [7, 11) is 3.55. The van der Waals surface area contributed by atoms with Crippen LogP contribution in [0.15, 0.2) is 11.8 Å². The van der Waals surface area contributed by atoms with E-state index in [2.05, 4.69) is 0 Å². The van der Waals surface area contributed by atoms with Gasteiger partial charge in [0.05, 0.1) is 5.97 Å². The summed E-state index contributed by atoms with van der Waals surface area (Å²) >= 11 is 0. The van der Waals surface area contributed by atoms with Gasteiger partial charge in [0.15, 0.2) is 0 Å². The Morgan fingerprint density at radius 3 is 2.20 bits per heavy atom. The number of hydrogen-bond acceptors (Lipinski definition) is 3. The number of hydrogen-bond donors (Lipinski definition) is 0. The van der Waals surface area contributed by atoms with Gasteiger partial charge in [0.1, 0.15) is 0 Å². The fraction of sp³-hybridized carbons (Fsp3) is 0.571. The molecule has 0 N–H and O–H groups in total. The van der Waals surface area contributed by atoms with E-state index in [-0.39, 0.29) is 0 Å². The lowest BCUT2D eigenvalue weighted by atomic mass is 10.2. The molecule has 0 radical (unpaired) electrons. The van der Waals surface area contributed by atoms with Crippen LogP contribution in [0.3, 0.4) is 0 Å². The van der Waals surface area contributed by atoms with Crippen LogP contribution in [0.25, 0.3) is 0 Å². The van der Waals surface area contributed by atoms with Gasteiger partial charge in [-0.1, -0.05) is 6.92 Å². The second kappa shape index (κ2) is 3.93. The second-order valence-electron chi connectivity index (χ2n) is 2.26. The molecule has 0 aliphatic carbocycles. The fourth-order valence-electron chi connectivity index (χ4n) is 0.600. The first-order chi connectivity index (χ1) is 4.57. The summed E-state index contributed by atoms with van der Waals surface area (Å²) in [6.45, 7) is 1.78. The number of aliphatic carboxylic acids is 1. The number of rotatable bonds is 3. The van der Waals surface area contributed by atoms with Crippen molar-refractivity contribution in [2.45, 2.75) is 13.3 Å². The standard InChI is InChI=1S/C7H13NO2/c1-4-6(7(9)10)5-8(2)3/h5H,4H2,1-3H3,(H,9,10)/p-1/b6-5-. The predicted molar refractivity (Wildman–Crippen MR) is 37.1 cm³/mol. The minimum atomic E-state index is -1.09. The van der Waals surface area contributed by atoms with Crippen molar-refractivity contribution in [1.29, 1.82) is 0 Å². The van der Waals surface area contributed by atoms with Gasteiger partial charge in [-0.2, -0.15) is 0 Å². The van der Waals surface area contributed by atoms with Crippen LogP contribution in [-0.2, 0) is 4.79 Å². The Labute approximate surface area is 61.0 Å². The van der Waals surface area contributed by atoms with Gasteiger partial charge in [0, 0.05) is 20.3 Å². The summed E-state index contributed by atoms with van der Waals surface area (Å²) < 4.78 is 0. The Hall–Kier alpha value is -0.990. The predicted octanol–water partition coefficient (Wildman–Crippen LogP) is -0.408. The maximum Gasteiger partial charge on any atom is 0.0689 e. The highest BCUT2D eigenvalue weighted by Gasteiger charge is 1.93. The lowest BCUT2D eigenvalue weighted by Crippen LogP contribution is -2.25. The van der Waals surface area contributed by atoms with E-state index < -0.39 is 5.97 Å². The molecule has 0 unspecified atom stereocenters. The molecule has 10 heavy (non-hydrogen) atoms. The van der Waals surface area contributed by atoms with Crippen LogP contribution in [0.1, 0.15) is 13.3 Å². The molecule has 0 saturated carbocycles. The molecule has 0 aliphatic heterocycles. The van der Waals surface area contributed by atoms with Crippen LogP contribution in [0.5, 0.6) is 0 Å². The number of nitrogens with zero attached hydrogens (tertiary/aromatic N) is 1. The van der Waals surface area contributed by atoms with E-state index in [1.54, 1.807) is 32.1 Å². The van der Waals surface area contributed by atoms with E-state index in [0.717, 1.165) is 0 Å². The molecular formula is C7H12NO2-. The Balaban J connectivity index is 4.19. The number of carbonyl (C=O) groups is 1. The Kier molecular flexibility index (Phi) is 3.54. The van der Waals surface area contributed by atoms with Crippen molar-refractivity contribution in [3.63, 3.8) is 0 Å². The third kappa shape index (κ3) is 3.12. The van der Waals surface area contributed by atoms with Crippen LogP contribution in [-0.4, -0.2) is 25.0 Å². The first-order valence-corrected chi connectivity index (χ1v) is 3.16. The fourth-order valence-corrected chi connectivity index (χ4v) is 0.600. The van der Waals surface area contributed by atoms with E-state index in [0.29, 0.717) is 12.0 Å². The lowest BCUT2D eigenvalue weighted by Gasteiger charge is -2.10. The average molecular weight is 142 g/mol. The Bertz CT molecular complexity index is 150. The largest absolute Gasteiger partial charge is 0.545 e. The van der Waals surface area contributed by atoms with Crippen molar-refractivity contribution in [2.24, 2.45) is 0 Å². The lowest BCUT2D eigenvalue weighted by molar-refractivity contribution is -0.299. The van der Waals surface area contributed by atoms with Gasteiger partial charge in [-0.3, -0.25) is 0 Å². The van der Waals surface area contributed by atoms with Crippen molar-refractivity contribution < 1.29 is 9.90 Å². The SMILES string of the molecule is CC/C(=C/N(C)C)C(=O)[O-]. The molecular weight excluding hydrogens is 130 g/mol. The molecule has 0 aromatic rings. The van der Waals surface area contributed by atoms with Gasteiger partial charge in [-0.25, -0.2) is 0 Å². The molecule has 0 bridgehead atoms. The Morgan fingerprint density at radius 2 is 2.10 bits per heavy atom. The molecule has 0 aliphatic rings. The van der Waals surface area contributed by atoms with Crippen LogP contribution in [0.2, 0.25) is 0 Å². The summed E-state index contributed by atoms with van der Waals surface area (Å²) in [5.41, 5.74) is 0.324. The zero-order valence-electron chi connectivity index (χ0n) is 6.55. The zero-order chi connectivity index (χ0) is 8.15. The molecule has 0 atom stereocenters. The molecule has 3 heteroatoms. The summed E-state index contributed by atoms with van der Waals surface area (Å²) in [5.74, 6) is -1.09. The average Bonchev–Trinajstić information content (AvgIpc) is 1.81. The maximum absolute atomic E-state index is 10.3. The van der Waals surface area contributed by atoms with Gasteiger partial charge < -0.3 is 14.8 Å². The van der Waals surface area contributed by atoms with Gasteiger partial charge in [-0.15, -0.1) is 0 Å². The minimum Gasteiger partial charge on any atom is -0.545 e. The van der Waals surface area contributed by atoms with E-state index in [1.165, 1.54) is 0 Å². The van der Waals surface area contributed by atoms with Crippen LogP contribution >= 0.6 is 0 Å². The molecule has 0 heterocycles. The quantitative estimate of drug-likeness (QED) is 0.503. The molecule has 0 spiro atoms. The summed E-state index contributed by atoms with van der Waals surface area (Å²) in [6.07, 6.45) is 2.05. The third-order valence-electron chi connectivity index (χ3n) is 1.06. The smallest absolute Gasteiger partial charge is 0.0689 e. The molecule has 0 rings (SSSR count). The first kappa shape index (κ1) is 9.01. The van der Waals surface area contributed by atoms with Crippen LogP contribution in [0, 0.1) is 0 Å². The first-order valence-electron chi connectivity index (χ1n) is 3.16. The molecule has 0 amide bonds. The summed E-state index contributed by atoms with van der Waals surface area (Å²) in [4.78, 5) is 11.9. The Morgan fingerprint density at radius 1 is 1.60 bits per heavy atom. The zero-order valence-corrected chi connectivity index (χ0v) is 6.55. The van der Waals surface area contributed by atoms with Crippen molar-refractivity contribution in [3.05, 3.63) is 11.8 Å². The third-order valence-corrected chi connectivity index (χ3v) is 1.06. The topological polar surface area (TPSA) is 43.4 Å². The van der Waals surface area contributed by atoms with Crippen LogP contribution < -0.4 is 5.11 Å². The summed E-state index contributed by atoms with van der Waals surface area (Å²) in [5, 5.41) is 10.3. The molecule has 3 nitrogen and oxygen atoms in total. The van der Waals surface area contributed by atoms with Crippen LogP contribution in [0.4, 0.5) is 0 Å². The van der Waals surface area contributed by atoms with Crippen molar-refractivity contribution >= 4 is 5.97 Å². The molecule has 0 aromatic carbocycles. The number of carboxylic acid groups (broad SMARTS) is 1. The maximum atomic E-state index is 10.3. The van der Waals surface area contributed by atoms with Crippen molar-refractivity contribution in [2.75, 3.05) is 14.1 Å². The van der Waals surface area contributed by atoms with Crippen molar-refractivity contribution in [1.82, 2.24) is 4.90 Å². The van der Waals surface area contributed by atoms with Gasteiger partial charge >= 0.3 is 0 Å².